The first-order valence-electron chi connectivity index (χ1n) is 9.25. The molecule has 0 saturated carbocycles. The SMILES string of the molecule is O=C(Cc1ccccc1)N1CCCC1c1nc(-c2ccc([N+](=O)[O-])cc2)c[nH]1. The maximum Gasteiger partial charge on any atom is 0.269 e. The van der Waals surface area contributed by atoms with Gasteiger partial charge in [-0.05, 0) is 30.5 Å². The van der Waals surface area contributed by atoms with Crippen molar-refractivity contribution in [2.75, 3.05) is 6.54 Å². The summed E-state index contributed by atoms with van der Waals surface area (Å²) in [7, 11) is 0. The third-order valence-electron chi connectivity index (χ3n) is 5.06. The van der Waals surface area contributed by atoms with Crippen molar-refractivity contribution >= 4 is 11.6 Å². The Morgan fingerprint density at radius 3 is 2.64 bits per heavy atom. The van der Waals surface area contributed by atoms with Crippen molar-refractivity contribution in [3.05, 3.63) is 82.3 Å². The minimum absolute atomic E-state index is 0.0491. The number of aromatic nitrogens is 2. The Hall–Kier alpha value is -3.48. The van der Waals surface area contributed by atoms with Crippen LogP contribution in [0.5, 0.6) is 0 Å². The number of rotatable bonds is 5. The number of non-ortho nitro benzene ring substituents is 1. The fourth-order valence-corrected chi connectivity index (χ4v) is 3.63. The molecule has 4 rings (SSSR count). The van der Waals surface area contributed by atoms with Gasteiger partial charge in [-0.15, -0.1) is 0 Å². The van der Waals surface area contributed by atoms with Gasteiger partial charge in [-0.1, -0.05) is 30.3 Å². The number of amides is 1. The molecule has 1 atom stereocenters. The van der Waals surface area contributed by atoms with Crippen molar-refractivity contribution in [2.45, 2.75) is 25.3 Å². The van der Waals surface area contributed by atoms with Crippen molar-refractivity contribution in [2.24, 2.45) is 0 Å². The van der Waals surface area contributed by atoms with Crippen molar-refractivity contribution in [3.8, 4) is 11.3 Å². The van der Waals surface area contributed by atoms with Crippen molar-refractivity contribution in [1.29, 1.82) is 0 Å². The zero-order chi connectivity index (χ0) is 19.5. The van der Waals surface area contributed by atoms with E-state index < -0.39 is 4.92 Å². The topological polar surface area (TPSA) is 92.1 Å². The Morgan fingerprint density at radius 1 is 1.18 bits per heavy atom. The fraction of sp³-hybridized carbons (Fsp3) is 0.238. The number of imidazole rings is 1. The molecule has 1 N–H and O–H groups in total. The molecular weight excluding hydrogens is 356 g/mol. The van der Waals surface area contributed by atoms with Crippen LogP contribution in [0.25, 0.3) is 11.3 Å². The van der Waals surface area contributed by atoms with Gasteiger partial charge in [0, 0.05) is 30.4 Å². The Bertz CT molecular complexity index is 982. The monoisotopic (exact) mass is 376 g/mol. The van der Waals surface area contributed by atoms with Gasteiger partial charge in [0.2, 0.25) is 5.91 Å². The molecule has 1 aliphatic rings. The number of hydrogen-bond donors (Lipinski definition) is 1. The number of nitro groups is 1. The number of aromatic amines is 1. The molecule has 2 heterocycles. The zero-order valence-electron chi connectivity index (χ0n) is 15.2. The Kier molecular flexibility index (Phi) is 4.89. The molecule has 0 radical (unpaired) electrons. The summed E-state index contributed by atoms with van der Waals surface area (Å²) in [5.74, 6) is 0.856. The molecule has 1 unspecified atom stereocenters. The molecule has 1 amide bonds. The van der Waals surface area contributed by atoms with Crippen LogP contribution in [0.4, 0.5) is 5.69 Å². The fourth-order valence-electron chi connectivity index (χ4n) is 3.63. The Morgan fingerprint density at radius 2 is 1.93 bits per heavy atom. The van der Waals surface area contributed by atoms with Gasteiger partial charge in [0.25, 0.3) is 5.69 Å². The van der Waals surface area contributed by atoms with E-state index in [4.69, 9.17) is 0 Å². The highest BCUT2D eigenvalue weighted by atomic mass is 16.6. The average Bonchev–Trinajstić information content (AvgIpc) is 3.38. The number of hydrogen-bond acceptors (Lipinski definition) is 4. The van der Waals surface area contributed by atoms with Crippen LogP contribution in [0, 0.1) is 10.1 Å². The first-order chi connectivity index (χ1) is 13.6. The number of H-pyrrole nitrogens is 1. The molecule has 28 heavy (non-hydrogen) atoms. The summed E-state index contributed by atoms with van der Waals surface area (Å²) in [6, 6.07) is 16.0. The first-order valence-corrected chi connectivity index (χ1v) is 9.25. The Balaban J connectivity index is 1.50. The molecule has 142 valence electrons. The van der Waals surface area contributed by atoms with Crippen molar-refractivity contribution in [3.63, 3.8) is 0 Å². The number of benzene rings is 2. The van der Waals surface area contributed by atoms with Crippen LogP contribution in [-0.2, 0) is 11.2 Å². The average molecular weight is 376 g/mol. The molecular formula is C21H20N4O3. The quantitative estimate of drug-likeness (QED) is 0.540. The van der Waals surface area contributed by atoms with Gasteiger partial charge in [-0.2, -0.15) is 0 Å². The largest absolute Gasteiger partial charge is 0.346 e. The summed E-state index contributed by atoms with van der Waals surface area (Å²) in [5.41, 5.74) is 2.57. The Labute approximate surface area is 162 Å². The predicted molar refractivity (Wildman–Crippen MR) is 105 cm³/mol. The molecule has 1 saturated heterocycles. The second kappa shape index (κ2) is 7.64. The third kappa shape index (κ3) is 3.64. The molecule has 7 nitrogen and oxygen atoms in total. The summed E-state index contributed by atoms with van der Waals surface area (Å²) < 4.78 is 0. The summed E-state index contributed by atoms with van der Waals surface area (Å²) >= 11 is 0. The number of likely N-dealkylation sites (tertiary alicyclic amines) is 1. The minimum Gasteiger partial charge on any atom is -0.346 e. The summed E-state index contributed by atoms with van der Waals surface area (Å²) in [6.45, 7) is 0.726. The smallest absolute Gasteiger partial charge is 0.269 e. The summed E-state index contributed by atoms with van der Waals surface area (Å²) in [4.78, 5) is 32.9. The minimum atomic E-state index is -0.422. The molecule has 0 aliphatic carbocycles. The van der Waals surface area contributed by atoms with Crippen molar-refractivity contribution in [1.82, 2.24) is 14.9 Å². The van der Waals surface area contributed by atoms with Crippen LogP contribution in [0.15, 0.2) is 60.8 Å². The second-order valence-corrected chi connectivity index (χ2v) is 6.88. The summed E-state index contributed by atoms with van der Waals surface area (Å²) in [6.07, 6.45) is 3.98. The summed E-state index contributed by atoms with van der Waals surface area (Å²) in [5, 5.41) is 10.8. The highest BCUT2D eigenvalue weighted by Crippen LogP contribution is 2.32. The van der Waals surface area contributed by atoms with Crippen LogP contribution in [0.3, 0.4) is 0 Å². The van der Waals surface area contributed by atoms with Crippen LogP contribution in [0.2, 0.25) is 0 Å². The molecule has 7 heteroatoms. The number of carbonyl (C=O) groups is 1. The van der Waals surface area contributed by atoms with Crippen LogP contribution in [-0.4, -0.2) is 32.2 Å². The molecule has 0 spiro atoms. The van der Waals surface area contributed by atoms with Gasteiger partial charge >= 0.3 is 0 Å². The van der Waals surface area contributed by atoms with Crippen LogP contribution >= 0.6 is 0 Å². The van der Waals surface area contributed by atoms with Gasteiger partial charge in [0.1, 0.15) is 5.82 Å². The van der Waals surface area contributed by atoms with Crippen LogP contribution < -0.4 is 0 Å². The highest BCUT2D eigenvalue weighted by molar-refractivity contribution is 5.79. The van der Waals surface area contributed by atoms with Gasteiger partial charge < -0.3 is 9.88 Å². The lowest BCUT2D eigenvalue weighted by Crippen LogP contribution is -2.32. The third-order valence-corrected chi connectivity index (χ3v) is 5.06. The first kappa shape index (κ1) is 17.9. The molecule has 1 aliphatic heterocycles. The van der Waals surface area contributed by atoms with Crippen molar-refractivity contribution < 1.29 is 9.72 Å². The van der Waals surface area contributed by atoms with E-state index in [2.05, 4.69) is 9.97 Å². The number of nitro benzene ring substituents is 1. The maximum absolute atomic E-state index is 12.8. The van der Waals surface area contributed by atoms with E-state index in [1.54, 1.807) is 18.3 Å². The maximum atomic E-state index is 12.8. The second-order valence-electron chi connectivity index (χ2n) is 6.88. The standard InChI is InChI=1S/C21H20N4O3/c26-20(13-15-5-2-1-3-6-15)24-12-4-7-19(24)21-22-14-18(23-21)16-8-10-17(11-9-16)25(27)28/h1-3,5-6,8-11,14,19H,4,7,12-13H2,(H,22,23). The molecule has 2 aromatic carbocycles. The number of carbonyl (C=O) groups excluding carboxylic acids is 1. The van der Waals surface area contributed by atoms with Crippen LogP contribution in [0.1, 0.15) is 30.3 Å². The normalized spacial score (nSPS) is 16.3. The van der Waals surface area contributed by atoms with E-state index in [1.807, 2.05) is 35.2 Å². The van der Waals surface area contributed by atoms with E-state index in [1.165, 1.54) is 12.1 Å². The van der Waals surface area contributed by atoms with E-state index in [-0.39, 0.29) is 17.6 Å². The zero-order valence-corrected chi connectivity index (χ0v) is 15.2. The van der Waals surface area contributed by atoms with E-state index in [9.17, 15) is 14.9 Å². The van der Waals surface area contributed by atoms with E-state index >= 15 is 0 Å². The molecule has 3 aromatic rings. The highest BCUT2D eigenvalue weighted by Gasteiger charge is 2.31. The molecule has 1 fully saturated rings. The van der Waals surface area contributed by atoms with Gasteiger partial charge in [0.15, 0.2) is 0 Å². The van der Waals surface area contributed by atoms with E-state index in [0.29, 0.717) is 12.1 Å². The lowest BCUT2D eigenvalue weighted by Gasteiger charge is -2.23. The lowest BCUT2D eigenvalue weighted by molar-refractivity contribution is -0.384. The van der Waals surface area contributed by atoms with Gasteiger partial charge in [-0.3, -0.25) is 14.9 Å². The lowest BCUT2D eigenvalue weighted by atomic mass is 10.1. The number of nitrogens with one attached hydrogen (secondary N) is 1. The van der Waals surface area contributed by atoms with Gasteiger partial charge in [0.05, 0.1) is 23.1 Å². The molecule has 0 bridgehead atoms. The van der Waals surface area contributed by atoms with E-state index in [0.717, 1.165) is 36.3 Å². The van der Waals surface area contributed by atoms with Gasteiger partial charge in [-0.25, -0.2) is 4.98 Å². The molecule has 1 aromatic heterocycles. The number of nitrogens with zero attached hydrogens (tertiary/aromatic N) is 3. The predicted octanol–water partition coefficient (Wildman–Crippen LogP) is 3.89.